The monoisotopic (exact) mass is 357 g/mol. The van der Waals surface area contributed by atoms with Crippen molar-refractivity contribution in [2.24, 2.45) is 5.92 Å². The maximum atomic E-state index is 12.7. The zero-order valence-electron chi connectivity index (χ0n) is 14.5. The van der Waals surface area contributed by atoms with Crippen LogP contribution >= 0.6 is 11.8 Å². The highest BCUT2D eigenvalue weighted by atomic mass is 32.2. The van der Waals surface area contributed by atoms with Gasteiger partial charge in [0, 0.05) is 55.2 Å². The van der Waals surface area contributed by atoms with Gasteiger partial charge in [-0.15, -0.1) is 0 Å². The molecule has 0 aromatic carbocycles. The van der Waals surface area contributed by atoms with Gasteiger partial charge in [0.1, 0.15) is 11.6 Å². The maximum absolute atomic E-state index is 12.7. The summed E-state index contributed by atoms with van der Waals surface area (Å²) in [4.78, 5) is 30.4. The Morgan fingerprint density at radius 1 is 1.16 bits per heavy atom. The first-order valence-electron chi connectivity index (χ1n) is 8.92. The molecule has 7 heteroatoms. The van der Waals surface area contributed by atoms with Crippen LogP contribution < -0.4 is 4.90 Å². The lowest BCUT2D eigenvalue weighted by molar-refractivity contribution is -0.135. The van der Waals surface area contributed by atoms with Gasteiger partial charge in [0.25, 0.3) is 0 Å². The number of hydrogen-bond donors (Lipinski definition) is 0. The Bertz CT molecular complexity index is 769. The Hall–Kier alpha value is -1.89. The molecular formula is C18H23N5OS. The molecule has 0 N–H and O–H groups in total. The van der Waals surface area contributed by atoms with Gasteiger partial charge in [-0.25, -0.2) is 9.97 Å². The summed E-state index contributed by atoms with van der Waals surface area (Å²) < 4.78 is 0. The van der Waals surface area contributed by atoms with Crippen molar-refractivity contribution in [3.8, 4) is 0 Å². The molecule has 2 aliphatic rings. The molecule has 2 aromatic heterocycles. The quantitative estimate of drug-likeness (QED) is 0.820. The lowest BCUT2D eigenvalue weighted by Gasteiger charge is -2.36. The minimum Gasteiger partial charge on any atom is -0.356 e. The molecule has 132 valence electrons. The summed E-state index contributed by atoms with van der Waals surface area (Å²) >= 11 is 1.94. The van der Waals surface area contributed by atoms with Crippen LogP contribution in [0.25, 0.3) is 10.9 Å². The van der Waals surface area contributed by atoms with E-state index in [-0.39, 0.29) is 5.92 Å². The molecule has 0 bridgehead atoms. The van der Waals surface area contributed by atoms with E-state index in [9.17, 15) is 4.79 Å². The molecular weight excluding hydrogens is 334 g/mol. The number of carbonyl (C=O) groups is 1. The number of rotatable bonds is 2. The van der Waals surface area contributed by atoms with Crippen LogP contribution in [0.15, 0.2) is 18.5 Å². The number of carbonyl (C=O) groups excluding carboxylic acids is 1. The van der Waals surface area contributed by atoms with E-state index in [4.69, 9.17) is 0 Å². The number of aryl methyl sites for hydroxylation is 1. The van der Waals surface area contributed by atoms with E-state index in [2.05, 4.69) is 24.8 Å². The van der Waals surface area contributed by atoms with Crippen LogP contribution in [0.1, 0.15) is 18.7 Å². The van der Waals surface area contributed by atoms with Gasteiger partial charge >= 0.3 is 0 Å². The average molecular weight is 357 g/mol. The summed E-state index contributed by atoms with van der Waals surface area (Å²) in [7, 11) is 0. The highest BCUT2D eigenvalue weighted by Crippen LogP contribution is 2.28. The van der Waals surface area contributed by atoms with E-state index in [1.54, 1.807) is 12.4 Å². The van der Waals surface area contributed by atoms with Crippen LogP contribution in [0.4, 0.5) is 5.82 Å². The highest BCUT2D eigenvalue weighted by Gasteiger charge is 2.30. The molecule has 0 spiro atoms. The van der Waals surface area contributed by atoms with Crippen LogP contribution in [0, 0.1) is 12.8 Å². The Morgan fingerprint density at radius 3 is 2.68 bits per heavy atom. The Kier molecular flexibility index (Phi) is 4.74. The van der Waals surface area contributed by atoms with Gasteiger partial charge in [-0.1, -0.05) is 0 Å². The lowest BCUT2D eigenvalue weighted by atomic mass is 9.95. The van der Waals surface area contributed by atoms with Gasteiger partial charge in [-0.05, 0) is 25.8 Å². The second-order valence-electron chi connectivity index (χ2n) is 6.69. The first kappa shape index (κ1) is 16.6. The van der Waals surface area contributed by atoms with E-state index < -0.39 is 0 Å². The van der Waals surface area contributed by atoms with Crippen molar-refractivity contribution in [2.45, 2.75) is 19.8 Å². The van der Waals surface area contributed by atoms with Gasteiger partial charge in [0.2, 0.25) is 5.91 Å². The van der Waals surface area contributed by atoms with Crippen molar-refractivity contribution in [1.29, 1.82) is 0 Å². The number of amides is 1. The smallest absolute Gasteiger partial charge is 0.225 e. The van der Waals surface area contributed by atoms with Crippen molar-refractivity contribution >= 4 is 34.4 Å². The average Bonchev–Trinajstić information content (AvgIpc) is 2.67. The molecule has 25 heavy (non-hydrogen) atoms. The Labute approximate surface area is 152 Å². The predicted molar refractivity (Wildman–Crippen MR) is 101 cm³/mol. The number of anilines is 1. The van der Waals surface area contributed by atoms with Crippen LogP contribution in [-0.4, -0.2) is 63.4 Å². The molecule has 6 nitrogen and oxygen atoms in total. The van der Waals surface area contributed by atoms with E-state index >= 15 is 0 Å². The fourth-order valence-electron chi connectivity index (χ4n) is 3.70. The van der Waals surface area contributed by atoms with Gasteiger partial charge < -0.3 is 9.80 Å². The summed E-state index contributed by atoms with van der Waals surface area (Å²) in [5, 5.41) is 1.04. The molecule has 0 radical (unpaired) electrons. The van der Waals surface area contributed by atoms with Crippen molar-refractivity contribution in [2.75, 3.05) is 42.6 Å². The van der Waals surface area contributed by atoms with Crippen molar-refractivity contribution in [3.63, 3.8) is 0 Å². The fourth-order valence-corrected chi connectivity index (χ4v) is 4.60. The van der Waals surface area contributed by atoms with Crippen molar-refractivity contribution in [3.05, 3.63) is 24.3 Å². The van der Waals surface area contributed by atoms with Crippen molar-refractivity contribution < 1.29 is 4.79 Å². The minimum atomic E-state index is 0.162. The predicted octanol–water partition coefficient (Wildman–Crippen LogP) is 2.13. The number of piperidine rings is 1. The molecule has 4 rings (SSSR count). The number of pyridine rings is 1. The Balaban J connectivity index is 1.48. The number of nitrogens with zero attached hydrogens (tertiary/aromatic N) is 5. The van der Waals surface area contributed by atoms with Crippen LogP contribution in [0.3, 0.4) is 0 Å². The van der Waals surface area contributed by atoms with Gasteiger partial charge in [0.15, 0.2) is 0 Å². The van der Waals surface area contributed by atoms with E-state index in [1.807, 2.05) is 24.8 Å². The number of fused-ring (bicyclic) bond motifs is 1. The third-order valence-corrected chi connectivity index (χ3v) is 6.00. The topological polar surface area (TPSA) is 62.2 Å². The summed E-state index contributed by atoms with van der Waals surface area (Å²) in [6.45, 7) is 5.47. The lowest BCUT2D eigenvalue weighted by Crippen LogP contribution is -2.45. The third-order valence-electron chi connectivity index (χ3n) is 5.06. The minimum absolute atomic E-state index is 0.162. The first-order valence-corrected chi connectivity index (χ1v) is 10.1. The molecule has 0 aliphatic carbocycles. The molecule has 0 saturated carbocycles. The zero-order valence-corrected chi connectivity index (χ0v) is 15.3. The van der Waals surface area contributed by atoms with Gasteiger partial charge in [0.05, 0.1) is 11.7 Å². The van der Waals surface area contributed by atoms with Crippen LogP contribution in [0.5, 0.6) is 0 Å². The number of thioether (sulfide) groups is 1. The van der Waals surface area contributed by atoms with E-state index in [0.717, 1.165) is 73.1 Å². The van der Waals surface area contributed by atoms with Crippen LogP contribution in [0.2, 0.25) is 0 Å². The van der Waals surface area contributed by atoms with Gasteiger partial charge in [-0.2, -0.15) is 11.8 Å². The normalized spacial score (nSPS) is 19.4. The molecule has 2 aliphatic heterocycles. The number of aromatic nitrogens is 3. The molecule has 2 fully saturated rings. The second kappa shape index (κ2) is 7.15. The zero-order chi connectivity index (χ0) is 17.2. The Morgan fingerprint density at radius 2 is 1.92 bits per heavy atom. The summed E-state index contributed by atoms with van der Waals surface area (Å²) in [6.07, 6.45) is 5.38. The van der Waals surface area contributed by atoms with Gasteiger partial charge in [-0.3, -0.25) is 9.78 Å². The molecule has 0 atom stereocenters. The van der Waals surface area contributed by atoms with E-state index in [1.165, 1.54) is 0 Å². The summed E-state index contributed by atoms with van der Waals surface area (Å²) in [6, 6.07) is 1.98. The molecule has 1 amide bonds. The first-order chi connectivity index (χ1) is 12.2. The summed E-state index contributed by atoms with van der Waals surface area (Å²) in [5.74, 6) is 4.41. The SMILES string of the molecule is Cc1nc(N2CCC(C(=O)N3CCSCC3)CC2)c2ccncc2n1. The van der Waals surface area contributed by atoms with E-state index in [0.29, 0.717) is 5.91 Å². The molecule has 4 heterocycles. The second-order valence-corrected chi connectivity index (χ2v) is 7.91. The third kappa shape index (κ3) is 3.42. The summed E-state index contributed by atoms with van der Waals surface area (Å²) in [5.41, 5.74) is 0.883. The van der Waals surface area contributed by atoms with Crippen molar-refractivity contribution in [1.82, 2.24) is 19.9 Å². The largest absolute Gasteiger partial charge is 0.356 e. The van der Waals surface area contributed by atoms with Crippen LogP contribution in [-0.2, 0) is 4.79 Å². The molecule has 0 unspecified atom stereocenters. The standard InChI is InChI=1S/C18H23N5OS/c1-13-20-16-12-19-5-2-15(16)17(21-13)22-6-3-14(4-7-22)18(24)23-8-10-25-11-9-23/h2,5,12,14H,3-4,6-11H2,1H3. The maximum Gasteiger partial charge on any atom is 0.225 e. The number of hydrogen-bond acceptors (Lipinski definition) is 6. The molecule has 2 saturated heterocycles. The molecule has 2 aromatic rings. The highest BCUT2D eigenvalue weighted by molar-refractivity contribution is 7.99. The fraction of sp³-hybridized carbons (Fsp3) is 0.556.